The van der Waals surface area contributed by atoms with Gasteiger partial charge in [-0.1, -0.05) is 12.1 Å². The molecule has 11 nitrogen and oxygen atoms in total. The number of carbonyl (C=O) groups is 1. The summed E-state index contributed by atoms with van der Waals surface area (Å²) in [6.45, 7) is 3.03. The van der Waals surface area contributed by atoms with Crippen molar-refractivity contribution < 1.29 is 36.6 Å². The Morgan fingerprint density at radius 1 is 1.00 bits per heavy atom. The van der Waals surface area contributed by atoms with Crippen molar-refractivity contribution in [3.05, 3.63) is 71.4 Å². The Morgan fingerprint density at radius 3 is 2.30 bits per heavy atom. The monoisotopic (exact) mass is 619 g/mol. The number of alkyl halides is 3. The summed E-state index contributed by atoms with van der Waals surface area (Å²) in [6.07, 6.45) is -3.32. The summed E-state index contributed by atoms with van der Waals surface area (Å²) in [5.41, 5.74) is 8.67. The first-order valence-corrected chi connectivity index (χ1v) is 13.4. The lowest BCUT2D eigenvalue weighted by Crippen LogP contribution is -2.31. The van der Waals surface area contributed by atoms with Gasteiger partial charge in [0.1, 0.15) is 17.7 Å². The third-order valence-electron chi connectivity index (χ3n) is 6.82. The Bertz CT molecular complexity index is 1570. The van der Waals surface area contributed by atoms with Crippen LogP contribution in [-0.4, -0.2) is 73.2 Å². The molecular weight excluding hydrogens is 586 g/mol. The number of nitrogens with one attached hydrogen (secondary N) is 2. The predicted octanol–water partition coefficient (Wildman–Crippen LogP) is 5.02. The van der Waals surface area contributed by atoms with Gasteiger partial charge < -0.3 is 30.6 Å². The van der Waals surface area contributed by atoms with Gasteiger partial charge in [-0.25, -0.2) is 18.7 Å². The summed E-state index contributed by atoms with van der Waals surface area (Å²) in [5.74, 6) is -0.753. The van der Waals surface area contributed by atoms with Crippen molar-refractivity contribution in [2.75, 3.05) is 64.0 Å². The van der Waals surface area contributed by atoms with Gasteiger partial charge in [0, 0.05) is 57.8 Å². The molecule has 0 spiro atoms. The zero-order valence-corrected chi connectivity index (χ0v) is 24.4. The maximum atomic E-state index is 14.1. The number of halogens is 4. The highest BCUT2D eigenvalue weighted by Gasteiger charge is 2.31. The molecule has 0 radical (unpaired) electrons. The fourth-order valence-electron chi connectivity index (χ4n) is 4.72. The maximum Gasteiger partial charge on any atom is 0.416 e. The summed E-state index contributed by atoms with van der Waals surface area (Å²) >= 11 is 0. The summed E-state index contributed by atoms with van der Waals surface area (Å²) in [5, 5.41) is 9.12. The Kier molecular flexibility index (Phi) is 10.7. The second kappa shape index (κ2) is 14.4. The minimum absolute atomic E-state index is 0.237. The Balaban J connectivity index is 1.64. The van der Waals surface area contributed by atoms with Crippen LogP contribution in [0.5, 0.6) is 0 Å². The molecule has 2 aromatic heterocycles. The molecule has 0 unspecified atom stereocenters. The predicted molar refractivity (Wildman–Crippen MR) is 157 cm³/mol. The van der Waals surface area contributed by atoms with E-state index in [9.17, 15) is 22.4 Å². The maximum absolute atomic E-state index is 14.1. The number of benzene rings is 2. The smallest absolute Gasteiger partial charge is 0.383 e. The molecule has 0 aliphatic carbocycles. The average molecular weight is 620 g/mol. The van der Waals surface area contributed by atoms with Crippen LogP contribution in [0.4, 0.5) is 39.5 Å². The van der Waals surface area contributed by atoms with E-state index in [1.54, 1.807) is 50.1 Å². The van der Waals surface area contributed by atoms with Crippen molar-refractivity contribution in [2.45, 2.75) is 19.3 Å². The van der Waals surface area contributed by atoms with Crippen molar-refractivity contribution in [2.24, 2.45) is 0 Å². The van der Waals surface area contributed by atoms with E-state index in [0.29, 0.717) is 62.3 Å². The Hall–Kier alpha value is -4.31. The Morgan fingerprint density at radius 2 is 1.68 bits per heavy atom. The number of aromatic nitrogens is 3. The minimum Gasteiger partial charge on any atom is -0.383 e. The number of anilines is 3. The van der Waals surface area contributed by atoms with E-state index in [1.807, 2.05) is 0 Å². The first-order valence-electron chi connectivity index (χ1n) is 13.4. The van der Waals surface area contributed by atoms with Crippen molar-refractivity contribution in [3.63, 3.8) is 0 Å². The highest BCUT2D eigenvalue weighted by atomic mass is 19.4. The zero-order valence-electron chi connectivity index (χ0n) is 24.4. The van der Waals surface area contributed by atoms with Crippen molar-refractivity contribution >= 4 is 28.7 Å². The van der Waals surface area contributed by atoms with Gasteiger partial charge in [0.15, 0.2) is 5.82 Å². The molecule has 0 aliphatic heterocycles. The number of hydrogen-bond acceptors (Lipinski definition) is 8. The van der Waals surface area contributed by atoms with Gasteiger partial charge in [0.2, 0.25) is 0 Å². The van der Waals surface area contributed by atoms with E-state index in [2.05, 4.69) is 25.6 Å². The first-order chi connectivity index (χ1) is 21.1. The molecule has 2 aromatic carbocycles. The van der Waals surface area contributed by atoms with E-state index < -0.39 is 29.3 Å². The van der Waals surface area contributed by atoms with Gasteiger partial charge in [0.05, 0.1) is 36.8 Å². The van der Waals surface area contributed by atoms with Crippen LogP contribution in [-0.2, 0) is 33.5 Å². The van der Waals surface area contributed by atoms with Crippen LogP contribution in [0.1, 0.15) is 16.8 Å². The number of carbonyl (C=O) groups excluding carboxylic acids is 1. The van der Waals surface area contributed by atoms with Gasteiger partial charge in [-0.3, -0.25) is 4.90 Å². The summed E-state index contributed by atoms with van der Waals surface area (Å²) in [4.78, 5) is 18.9. The molecule has 236 valence electrons. The molecule has 44 heavy (non-hydrogen) atoms. The number of nitrogens with zero attached hydrogens (tertiary/aromatic N) is 4. The van der Waals surface area contributed by atoms with Gasteiger partial charge in [-0.15, -0.1) is 0 Å². The van der Waals surface area contributed by atoms with Gasteiger partial charge in [-0.05, 0) is 35.9 Å². The molecule has 4 aromatic rings. The van der Waals surface area contributed by atoms with Crippen LogP contribution >= 0.6 is 0 Å². The highest BCUT2D eigenvalue weighted by molar-refractivity contribution is 6.00. The van der Waals surface area contributed by atoms with Crippen LogP contribution in [0.2, 0.25) is 0 Å². The molecule has 0 fully saturated rings. The van der Waals surface area contributed by atoms with E-state index >= 15 is 0 Å². The van der Waals surface area contributed by atoms with E-state index in [1.165, 1.54) is 6.33 Å². The summed E-state index contributed by atoms with van der Waals surface area (Å²) in [7, 11) is 4.85. The number of methoxy groups -OCH3 is 3. The molecule has 0 saturated heterocycles. The molecule has 0 aliphatic rings. The number of fused-ring (bicyclic) bond motifs is 1. The van der Waals surface area contributed by atoms with Crippen LogP contribution in [0, 0.1) is 5.82 Å². The third-order valence-corrected chi connectivity index (χ3v) is 6.82. The number of hydrogen-bond donors (Lipinski definition) is 3. The van der Waals surface area contributed by atoms with Gasteiger partial charge in [-0.2, -0.15) is 18.3 Å². The fourth-order valence-corrected chi connectivity index (χ4v) is 4.72. The number of nitrogens with two attached hydrogens (primary N) is 1. The van der Waals surface area contributed by atoms with Crippen LogP contribution in [0.3, 0.4) is 0 Å². The molecule has 4 N–H and O–H groups in total. The molecular formula is C29H33F4N7O4. The number of urea groups is 1. The first kappa shape index (κ1) is 32.6. The highest BCUT2D eigenvalue weighted by Crippen LogP contribution is 2.37. The lowest BCUT2D eigenvalue weighted by molar-refractivity contribution is -0.137. The molecule has 15 heteroatoms. The van der Waals surface area contributed by atoms with E-state index in [-0.39, 0.29) is 12.4 Å². The number of rotatable bonds is 13. The van der Waals surface area contributed by atoms with Crippen LogP contribution in [0.15, 0.2) is 48.8 Å². The van der Waals surface area contributed by atoms with Crippen LogP contribution < -0.4 is 16.4 Å². The Labute approximate surface area is 250 Å². The number of nitrogen functional groups attached to an aromatic ring is 1. The molecule has 0 atom stereocenters. The summed E-state index contributed by atoms with van der Waals surface area (Å²) in [6, 6.07) is 7.52. The molecule has 2 amide bonds. The molecule has 4 rings (SSSR count). The SMILES string of the molecule is COCCN(CCOC)Cc1c(COC)c(-c2ccc(NC(=O)Nc3cc(C(F)(F)F)ccc3F)cc2)c2c(N)ncnn12. The normalized spacial score (nSPS) is 11.8. The number of amides is 2. The topological polar surface area (TPSA) is 128 Å². The quantitative estimate of drug-likeness (QED) is 0.178. The summed E-state index contributed by atoms with van der Waals surface area (Å²) < 4.78 is 71.1. The van der Waals surface area contributed by atoms with Crippen molar-refractivity contribution in [1.29, 1.82) is 0 Å². The van der Waals surface area contributed by atoms with Gasteiger partial charge in [0.25, 0.3) is 0 Å². The van der Waals surface area contributed by atoms with Crippen molar-refractivity contribution in [3.8, 4) is 11.1 Å². The molecule has 2 heterocycles. The lowest BCUT2D eigenvalue weighted by atomic mass is 10.0. The van der Waals surface area contributed by atoms with E-state index in [4.69, 9.17) is 19.9 Å². The second-order valence-corrected chi connectivity index (χ2v) is 9.75. The second-order valence-electron chi connectivity index (χ2n) is 9.75. The van der Waals surface area contributed by atoms with Crippen molar-refractivity contribution in [1.82, 2.24) is 19.5 Å². The van der Waals surface area contributed by atoms with Gasteiger partial charge >= 0.3 is 12.2 Å². The number of ether oxygens (including phenoxy) is 3. The average Bonchev–Trinajstić information content (AvgIpc) is 3.29. The van der Waals surface area contributed by atoms with E-state index in [0.717, 1.165) is 22.4 Å². The minimum atomic E-state index is -4.69. The standard InChI is InChI=1S/C29H33F4N7O4/c1-42-12-10-39(11-13-43-2)15-24-21(16-44-3)25(26-27(34)35-17-36-40(24)26)18-4-7-20(8-5-18)37-28(41)38-23-14-19(29(31,32)33)6-9-22(23)30/h4-9,14,17H,10-13,15-16H2,1-3H3,(H2,34,35,36)(H2,37,38,41). The molecule has 0 saturated carbocycles. The zero-order chi connectivity index (χ0) is 31.9. The fraction of sp³-hybridized carbons (Fsp3) is 0.345. The third kappa shape index (κ3) is 7.60. The largest absolute Gasteiger partial charge is 0.416 e. The van der Waals surface area contributed by atoms with Crippen LogP contribution in [0.25, 0.3) is 16.6 Å². The molecule has 0 bridgehead atoms. The lowest BCUT2D eigenvalue weighted by Gasteiger charge is -2.22.